The standard InChI is InChI=1S/C17H22ClNO3/c1-3-9-22-16-7-6-13(10-15(16)18)11-19-8-4-5-14(12(19)2)17(20)21/h3,6-7,10,12,14H,1,4-5,8-9,11H2,2H3,(H,20,21)/t12-,14-/m1/s1. The molecule has 2 rings (SSSR count). The first-order valence-electron chi connectivity index (χ1n) is 7.52. The molecular formula is C17H22ClNO3. The molecule has 4 nitrogen and oxygen atoms in total. The lowest BCUT2D eigenvalue weighted by atomic mass is 9.90. The minimum absolute atomic E-state index is 0.0294. The number of carboxylic acids is 1. The van der Waals surface area contributed by atoms with E-state index in [1.54, 1.807) is 6.08 Å². The molecule has 1 saturated heterocycles. The van der Waals surface area contributed by atoms with Gasteiger partial charge in [0.05, 0.1) is 10.9 Å². The van der Waals surface area contributed by atoms with Gasteiger partial charge in [-0.05, 0) is 44.0 Å². The van der Waals surface area contributed by atoms with Gasteiger partial charge in [0.25, 0.3) is 0 Å². The van der Waals surface area contributed by atoms with E-state index in [-0.39, 0.29) is 12.0 Å². The van der Waals surface area contributed by atoms with Gasteiger partial charge in [0.2, 0.25) is 0 Å². The Morgan fingerprint density at radius 2 is 2.36 bits per heavy atom. The maximum atomic E-state index is 11.3. The summed E-state index contributed by atoms with van der Waals surface area (Å²) in [5, 5.41) is 9.85. The molecule has 1 aliphatic rings. The molecule has 1 N–H and O–H groups in total. The molecule has 1 fully saturated rings. The van der Waals surface area contributed by atoms with E-state index >= 15 is 0 Å². The molecule has 0 spiro atoms. The van der Waals surface area contributed by atoms with Gasteiger partial charge < -0.3 is 9.84 Å². The van der Waals surface area contributed by atoms with Crippen LogP contribution in [-0.2, 0) is 11.3 Å². The molecular weight excluding hydrogens is 302 g/mol. The lowest BCUT2D eigenvalue weighted by Gasteiger charge is -2.37. The van der Waals surface area contributed by atoms with Crippen LogP contribution in [0.25, 0.3) is 0 Å². The first-order valence-corrected chi connectivity index (χ1v) is 7.89. The van der Waals surface area contributed by atoms with Gasteiger partial charge in [-0.25, -0.2) is 0 Å². The Morgan fingerprint density at radius 1 is 1.59 bits per heavy atom. The van der Waals surface area contributed by atoms with Crippen LogP contribution in [-0.4, -0.2) is 35.2 Å². The van der Waals surface area contributed by atoms with E-state index in [2.05, 4.69) is 11.5 Å². The maximum Gasteiger partial charge on any atom is 0.308 e. The Hall–Kier alpha value is -1.52. The zero-order valence-electron chi connectivity index (χ0n) is 12.8. The molecule has 1 aliphatic heterocycles. The third-order valence-electron chi connectivity index (χ3n) is 4.17. The van der Waals surface area contributed by atoms with E-state index in [4.69, 9.17) is 16.3 Å². The van der Waals surface area contributed by atoms with E-state index < -0.39 is 5.97 Å². The predicted octanol–water partition coefficient (Wildman–Crippen LogP) is 3.59. The number of ether oxygens (including phenoxy) is 1. The van der Waals surface area contributed by atoms with Gasteiger partial charge in [0, 0.05) is 12.6 Å². The van der Waals surface area contributed by atoms with Crippen LogP contribution >= 0.6 is 11.6 Å². The third kappa shape index (κ3) is 4.02. The van der Waals surface area contributed by atoms with Crippen LogP contribution in [0.15, 0.2) is 30.9 Å². The van der Waals surface area contributed by atoms with Gasteiger partial charge in [-0.1, -0.05) is 30.3 Å². The van der Waals surface area contributed by atoms with E-state index in [9.17, 15) is 9.90 Å². The van der Waals surface area contributed by atoms with Gasteiger partial charge in [0.15, 0.2) is 0 Å². The summed E-state index contributed by atoms with van der Waals surface area (Å²) >= 11 is 6.23. The molecule has 1 aromatic carbocycles. The maximum absolute atomic E-state index is 11.3. The SMILES string of the molecule is C=CCOc1ccc(CN2CCC[C@@H](C(=O)O)[C@H]2C)cc1Cl. The number of rotatable bonds is 6. The molecule has 0 unspecified atom stereocenters. The number of halogens is 1. The van der Waals surface area contributed by atoms with Crippen LogP contribution in [0, 0.1) is 5.92 Å². The van der Waals surface area contributed by atoms with Crippen LogP contribution < -0.4 is 4.74 Å². The summed E-state index contributed by atoms with van der Waals surface area (Å²) in [5.41, 5.74) is 1.06. The van der Waals surface area contributed by atoms with Gasteiger partial charge in [0.1, 0.15) is 12.4 Å². The Balaban J connectivity index is 2.05. The second-order valence-electron chi connectivity index (χ2n) is 5.66. The second kappa shape index (κ2) is 7.65. The molecule has 120 valence electrons. The van der Waals surface area contributed by atoms with Crippen LogP contribution in [0.3, 0.4) is 0 Å². The molecule has 1 aromatic rings. The summed E-state index contributed by atoms with van der Waals surface area (Å²) < 4.78 is 5.46. The van der Waals surface area contributed by atoms with Crippen molar-refractivity contribution in [1.29, 1.82) is 0 Å². The zero-order chi connectivity index (χ0) is 16.1. The van der Waals surface area contributed by atoms with E-state index in [1.165, 1.54) is 0 Å². The van der Waals surface area contributed by atoms with Crippen molar-refractivity contribution in [3.8, 4) is 5.75 Å². The van der Waals surface area contributed by atoms with E-state index in [1.807, 2.05) is 25.1 Å². The van der Waals surface area contributed by atoms with Crippen molar-refractivity contribution in [3.63, 3.8) is 0 Å². The summed E-state index contributed by atoms with van der Waals surface area (Å²) in [5.74, 6) is -0.358. The number of nitrogens with zero attached hydrogens (tertiary/aromatic N) is 1. The molecule has 1 heterocycles. The quantitative estimate of drug-likeness (QED) is 0.813. The summed E-state index contributed by atoms with van der Waals surface area (Å²) in [7, 11) is 0. The number of carbonyl (C=O) groups is 1. The highest BCUT2D eigenvalue weighted by atomic mass is 35.5. The number of hydrogen-bond donors (Lipinski definition) is 1. The van der Waals surface area contributed by atoms with Gasteiger partial charge in [-0.15, -0.1) is 0 Å². The topological polar surface area (TPSA) is 49.8 Å². The monoisotopic (exact) mass is 323 g/mol. The van der Waals surface area contributed by atoms with Crippen LogP contribution in [0.2, 0.25) is 5.02 Å². The highest BCUT2D eigenvalue weighted by Crippen LogP contribution is 2.29. The zero-order valence-corrected chi connectivity index (χ0v) is 13.6. The van der Waals surface area contributed by atoms with Crippen molar-refractivity contribution in [3.05, 3.63) is 41.4 Å². The smallest absolute Gasteiger partial charge is 0.308 e. The first-order chi connectivity index (χ1) is 10.5. The summed E-state index contributed by atoms with van der Waals surface area (Å²) in [6, 6.07) is 5.74. The molecule has 0 saturated carbocycles. The van der Waals surface area contributed by atoms with Crippen LogP contribution in [0.4, 0.5) is 0 Å². The fourth-order valence-electron chi connectivity index (χ4n) is 2.91. The summed E-state index contributed by atoms with van der Waals surface area (Å²) in [6.45, 7) is 7.63. The Labute approximate surface area is 136 Å². The van der Waals surface area contributed by atoms with Gasteiger partial charge in [-0.3, -0.25) is 9.69 Å². The molecule has 0 bridgehead atoms. The fourth-order valence-corrected chi connectivity index (χ4v) is 3.17. The lowest BCUT2D eigenvalue weighted by molar-refractivity contribution is -0.145. The Morgan fingerprint density at radius 3 is 3.00 bits per heavy atom. The molecule has 0 aromatic heterocycles. The molecule has 0 amide bonds. The van der Waals surface area contributed by atoms with Crippen LogP contribution in [0.1, 0.15) is 25.3 Å². The minimum atomic E-state index is -0.705. The number of benzene rings is 1. The van der Waals surface area contributed by atoms with Crippen molar-refractivity contribution in [2.45, 2.75) is 32.4 Å². The molecule has 22 heavy (non-hydrogen) atoms. The summed E-state index contributed by atoms with van der Waals surface area (Å²) in [6.07, 6.45) is 3.34. The van der Waals surface area contributed by atoms with Gasteiger partial charge in [-0.2, -0.15) is 0 Å². The van der Waals surface area contributed by atoms with E-state index in [0.29, 0.717) is 23.9 Å². The summed E-state index contributed by atoms with van der Waals surface area (Å²) in [4.78, 5) is 13.5. The third-order valence-corrected chi connectivity index (χ3v) is 4.47. The second-order valence-corrected chi connectivity index (χ2v) is 6.07. The van der Waals surface area contributed by atoms with Crippen molar-refractivity contribution >= 4 is 17.6 Å². The molecule has 2 atom stereocenters. The van der Waals surface area contributed by atoms with Gasteiger partial charge >= 0.3 is 5.97 Å². The lowest BCUT2D eigenvalue weighted by Crippen LogP contribution is -2.45. The fraction of sp³-hybridized carbons (Fsp3) is 0.471. The molecule has 5 heteroatoms. The average molecular weight is 324 g/mol. The van der Waals surface area contributed by atoms with Crippen molar-refractivity contribution in [2.75, 3.05) is 13.2 Å². The Bertz CT molecular complexity index is 547. The number of piperidine rings is 1. The number of aliphatic carboxylic acids is 1. The largest absolute Gasteiger partial charge is 0.488 e. The number of carboxylic acid groups (broad SMARTS) is 1. The highest BCUT2D eigenvalue weighted by molar-refractivity contribution is 6.32. The van der Waals surface area contributed by atoms with Crippen molar-refractivity contribution in [1.82, 2.24) is 4.90 Å². The minimum Gasteiger partial charge on any atom is -0.488 e. The number of hydrogen-bond acceptors (Lipinski definition) is 3. The first kappa shape index (κ1) is 16.8. The predicted molar refractivity (Wildman–Crippen MR) is 87.4 cm³/mol. The highest BCUT2D eigenvalue weighted by Gasteiger charge is 2.32. The van der Waals surface area contributed by atoms with Crippen LogP contribution in [0.5, 0.6) is 5.75 Å². The van der Waals surface area contributed by atoms with Crippen molar-refractivity contribution in [2.24, 2.45) is 5.92 Å². The van der Waals surface area contributed by atoms with Crippen molar-refractivity contribution < 1.29 is 14.6 Å². The van der Waals surface area contributed by atoms with E-state index in [0.717, 1.165) is 24.9 Å². The Kier molecular flexibility index (Phi) is 5.86. The average Bonchev–Trinajstić information content (AvgIpc) is 2.48. The molecule has 0 radical (unpaired) electrons. The number of likely N-dealkylation sites (tertiary alicyclic amines) is 1. The molecule has 0 aliphatic carbocycles. The normalized spacial score (nSPS) is 22.3.